The van der Waals surface area contributed by atoms with Gasteiger partial charge in [0.05, 0.1) is 18.8 Å². The number of aryl methyl sites for hydroxylation is 1. The van der Waals surface area contributed by atoms with Gasteiger partial charge in [0.15, 0.2) is 0 Å². The van der Waals surface area contributed by atoms with E-state index in [1.165, 1.54) is 0 Å². The summed E-state index contributed by atoms with van der Waals surface area (Å²) in [7, 11) is 0. The molecule has 0 bridgehead atoms. The minimum Gasteiger partial charge on any atom is -0.384 e. The van der Waals surface area contributed by atoms with Gasteiger partial charge in [-0.3, -0.25) is 0 Å². The fourth-order valence-electron chi connectivity index (χ4n) is 2.00. The third-order valence-corrected chi connectivity index (χ3v) is 2.77. The van der Waals surface area contributed by atoms with E-state index in [-0.39, 0.29) is 5.54 Å². The molecule has 0 spiro atoms. The van der Waals surface area contributed by atoms with Gasteiger partial charge in [-0.15, -0.1) is 0 Å². The maximum absolute atomic E-state index is 5.75. The van der Waals surface area contributed by atoms with Crippen LogP contribution in [0.5, 0.6) is 0 Å². The fraction of sp³-hybridized carbons (Fsp3) is 0.636. The number of ether oxygens (including phenoxy) is 1. The zero-order valence-corrected chi connectivity index (χ0v) is 10.0. The van der Waals surface area contributed by atoms with Crippen LogP contribution >= 0.6 is 0 Å². The van der Waals surface area contributed by atoms with E-state index in [0.29, 0.717) is 18.2 Å². The summed E-state index contributed by atoms with van der Waals surface area (Å²) in [6, 6.07) is 1.82. The number of anilines is 2. The minimum absolute atomic E-state index is 0.0501. The first kappa shape index (κ1) is 11.1. The largest absolute Gasteiger partial charge is 0.384 e. The Morgan fingerprint density at radius 1 is 1.44 bits per heavy atom. The van der Waals surface area contributed by atoms with Crippen LogP contribution in [0.15, 0.2) is 6.07 Å². The van der Waals surface area contributed by atoms with Crippen molar-refractivity contribution in [3.8, 4) is 0 Å². The monoisotopic (exact) mass is 222 g/mol. The summed E-state index contributed by atoms with van der Waals surface area (Å²) in [4.78, 5) is 10.7. The van der Waals surface area contributed by atoms with Crippen LogP contribution in [0.1, 0.15) is 19.7 Å². The average molecular weight is 222 g/mol. The summed E-state index contributed by atoms with van der Waals surface area (Å²) >= 11 is 0. The van der Waals surface area contributed by atoms with Crippen LogP contribution in [0.4, 0.5) is 11.6 Å². The molecule has 2 rings (SSSR count). The van der Waals surface area contributed by atoms with E-state index >= 15 is 0 Å². The van der Waals surface area contributed by atoms with E-state index in [1.54, 1.807) is 0 Å². The molecule has 5 nitrogen and oxygen atoms in total. The molecule has 1 aliphatic rings. The maximum Gasteiger partial charge on any atom is 0.134 e. The van der Waals surface area contributed by atoms with Gasteiger partial charge in [0.1, 0.15) is 17.5 Å². The Balaban J connectivity index is 2.34. The van der Waals surface area contributed by atoms with Crippen molar-refractivity contribution >= 4 is 11.6 Å². The van der Waals surface area contributed by atoms with E-state index in [9.17, 15) is 0 Å². The third-order valence-electron chi connectivity index (χ3n) is 2.77. The molecule has 1 saturated heterocycles. The minimum atomic E-state index is -0.0501. The summed E-state index contributed by atoms with van der Waals surface area (Å²) in [6.07, 6.45) is 0. The zero-order valence-electron chi connectivity index (χ0n) is 10.0. The SMILES string of the molecule is Cc1nc(N)cc(N2CCOCC2(C)C)n1. The second-order valence-electron chi connectivity index (χ2n) is 4.71. The summed E-state index contributed by atoms with van der Waals surface area (Å²) in [5.41, 5.74) is 5.70. The van der Waals surface area contributed by atoms with Gasteiger partial charge < -0.3 is 15.4 Å². The molecule has 1 aliphatic heterocycles. The number of morpholine rings is 1. The number of nitrogens with zero attached hydrogens (tertiary/aromatic N) is 3. The predicted molar refractivity (Wildman–Crippen MR) is 63.4 cm³/mol. The predicted octanol–water partition coefficient (Wildman–Crippen LogP) is 0.982. The lowest BCUT2D eigenvalue weighted by molar-refractivity contribution is 0.0639. The quantitative estimate of drug-likeness (QED) is 0.767. The van der Waals surface area contributed by atoms with Crippen molar-refractivity contribution < 1.29 is 4.74 Å². The molecular weight excluding hydrogens is 204 g/mol. The number of rotatable bonds is 1. The van der Waals surface area contributed by atoms with Gasteiger partial charge in [-0.2, -0.15) is 0 Å². The second-order valence-corrected chi connectivity index (χ2v) is 4.71. The number of nitrogen functional groups attached to an aromatic ring is 1. The molecule has 0 unspecified atom stereocenters. The first-order chi connectivity index (χ1) is 7.49. The van der Waals surface area contributed by atoms with Crippen LogP contribution in [0.2, 0.25) is 0 Å². The van der Waals surface area contributed by atoms with Gasteiger partial charge in [-0.05, 0) is 20.8 Å². The van der Waals surface area contributed by atoms with Gasteiger partial charge in [0.25, 0.3) is 0 Å². The van der Waals surface area contributed by atoms with Crippen molar-refractivity contribution in [3.63, 3.8) is 0 Å². The standard InChI is InChI=1S/C11H18N4O/c1-8-13-9(12)6-10(14-8)15-4-5-16-7-11(15,2)3/h6H,4-5,7H2,1-3H3,(H2,12,13,14). The third kappa shape index (κ3) is 2.09. The van der Waals surface area contributed by atoms with E-state index in [1.807, 2.05) is 13.0 Å². The highest BCUT2D eigenvalue weighted by Gasteiger charge is 2.31. The number of hydrogen-bond acceptors (Lipinski definition) is 5. The van der Waals surface area contributed by atoms with Crippen LogP contribution in [0, 0.1) is 6.92 Å². The van der Waals surface area contributed by atoms with Gasteiger partial charge in [-0.1, -0.05) is 0 Å². The Hall–Kier alpha value is -1.36. The first-order valence-electron chi connectivity index (χ1n) is 5.45. The molecule has 0 amide bonds. The van der Waals surface area contributed by atoms with Crippen LogP contribution in [-0.4, -0.2) is 35.3 Å². The molecule has 0 aliphatic carbocycles. The van der Waals surface area contributed by atoms with Crippen LogP contribution in [0.25, 0.3) is 0 Å². The van der Waals surface area contributed by atoms with Crippen molar-refractivity contribution in [1.82, 2.24) is 9.97 Å². The Labute approximate surface area is 95.6 Å². The average Bonchev–Trinajstić information content (AvgIpc) is 2.15. The van der Waals surface area contributed by atoms with E-state index < -0.39 is 0 Å². The molecular formula is C11H18N4O. The Bertz CT molecular complexity index is 371. The van der Waals surface area contributed by atoms with Gasteiger partial charge in [0, 0.05) is 12.6 Å². The molecule has 16 heavy (non-hydrogen) atoms. The molecule has 88 valence electrons. The first-order valence-corrected chi connectivity index (χ1v) is 5.45. The topological polar surface area (TPSA) is 64.3 Å². The molecule has 5 heteroatoms. The van der Waals surface area contributed by atoms with Gasteiger partial charge in [0.2, 0.25) is 0 Å². The summed E-state index contributed by atoms with van der Waals surface area (Å²) in [5.74, 6) is 2.11. The smallest absolute Gasteiger partial charge is 0.134 e. The van der Waals surface area contributed by atoms with Crippen molar-refractivity contribution in [1.29, 1.82) is 0 Å². The fourth-order valence-corrected chi connectivity index (χ4v) is 2.00. The molecule has 2 N–H and O–H groups in total. The second kappa shape index (κ2) is 3.90. The molecule has 1 fully saturated rings. The van der Waals surface area contributed by atoms with E-state index in [4.69, 9.17) is 10.5 Å². The lowest BCUT2D eigenvalue weighted by Gasteiger charge is -2.43. The lowest BCUT2D eigenvalue weighted by atomic mass is 10.0. The van der Waals surface area contributed by atoms with Crippen molar-refractivity contribution in [2.45, 2.75) is 26.3 Å². The Morgan fingerprint density at radius 2 is 2.19 bits per heavy atom. The van der Waals surface area contributed by atoms with Crippen LogP contribution in [-0.2, 0) is 4.74 Å². The molecule has 0 saturated carbocycles. The number of aromatic nitrogens is 2. The van der Waals surface area contributed by atoms with Gasteiger partial charge in [-0.25, -0.2) is 9.97 Å². The van der Waals surface area contributed by atoms with Crippen molar-refractivity contribution in [2.24, 2.45) is 0 Å². The lowest BCUT2D eigenvalue weighted by Crippen LogP contribution is -2.53. The molecule has 0 aromatic carbocycles. The Morgan fingerprint density at radius 3 is 2.81 bits per heavy atom. The molecule has 0 radical (unpaired) electrons. The van der Waals surface area contributed by atoms with E-state index in [2.05, 4.69) is 28.7 Å². The zero-order chi connectivity index (χ0) is 11.8. The summed E-state index contributed by atoms with van der Waals surface area (Å²) < 4.78 is 5.48. The highest BCUT2D eigenvalue weighted by atomic mass is 16.5. The van der Waals surface area contributed by atoms with Crippen molar-refractivity contribution in [2.75, 3.05) is 30.4 Å². The van der Waals surface area contributed by atoms with E-state index in [0.717, 1.165) is 19.0 Å². The highest BCUT2D eigenvalue weighted by Crippen LogP contribution is 2.26. The number of hydrogen-bond donors (Lipinski definition) is 1. The maximum atomic E-state index is 5.75. The number of nitrogens with two attached hydrogens (primary N) is 1. The molecule has 0 atom stereocenters. The Kier molecular flexibility index (Phi) is 2.71. The van der Waals surface area contributed by atoms with Gasteiger partial charge >= 0.3 is 0 Å². The van der Waals surface area contributed by atoms with Crippen molar-refractivity contribution in [3.05, 3.63) is 11.9 Å². The molecule has 1 aromatic heterocycles. The normalized spacial score (nSPS) is 19.8. The molecule has 1 aromatic rings. The molecule has 2 heterocycles. The van der Waals surface area contributed by atoms with Crippen LogP contribution in [0.3, 0.4) is 0 Å². The summed E-state index contributed by atoms with van der Waals surface area (Å²) in [6.45, 7) is 8.40. The highest BCUT2D eigenvalue weighted by molar-refractivity contribution is 5.49. The summed E-state index contributed by atoms with van der Waals surface area (Å²) in [5, 5.41) is 0. The van der Waals surface area contributed by atoms with Crippen LogP contribution < -0.4 is 10.6 Å².